The zero-order valence-electron chi connectivity index (χ0n) is 47.4. The number of carbonyl (C=O) groups is 8. The van der Waals surface area contributed by atoms with Crippen molar-refractivity contribution in [3.63, 3.8) is 0 Å². The number of rotatable bonds is 30. The maximum atomic E-state index is 14.8. The number of hydrogen-bond donors (Lipinski definition) is 11. The Bertz CT molecular complexity index is 3020. The van der Waals surface area contributed by atoms with E-state index in [1.165, 1.54) is 41.7 Å². The van der Waals surface area contributed by atoms with Crippen molar-refractivity contribution in [3.8, 4) is 0 Å². The lowest BCUT2D eigenvalue weighted by molar-refractivity contribution is -0.166. The van der Waals surface area contributed by atoms with Crippen LogP contribution in [-0.4, -0.2) is 141 Å². The Morgan fingerprint density at radius 3 is 1.91 bits per heavy atom. The second kappa shape index (κ2) is 30.2. The summed E-state index contributed by atoms with van der Waals surface area (Å²) in [5, 5.41) is 32.8. The number of carboxylic acid groups (broad SMARTS) is 1. The van der Waals surface area contributed by atoms with Crippen molar-refractivity contribution in [2.75, 3.05) is 13.1 Å². The summed E-state index contributed by atoms with van der Waals surface area (Å²) in [7, 11) is 0. The van der Waals surface area contributed by atoms with E-state index in [0.717, 1.165) is 3.57 Å². The molecule has 7 amide bonds. The quantitative estimate of drug-likeness (QED) is 0.0155. The van der Waals surface area contributed by atoms with Crippen LogP contribution in [0.25, 0.3) is 0 Å². The summed E-state index contributed by atoms with van der Waals surface area (Å²) in [6, 6.07) is 10.7. The van der Waals surface area contributed by atoms with E-state index in [4.69, 9.17) is 17.2 Å². The Hall–Kier alpha value is -8.02. The highest BCUT2D eigenvalue weighted by Crippen LogP contribution is 2.52. The summed E-state index contributed by atoms with van der Waals surface area (Å²) in [4.78, 5) is 125. The van der Waals surface area contributed by atoms with Crippen LogP contribution in [0.4, 0.5) is 13.2 Å². The van der Waals surface area contributed by atoms with Crippen molar-refractivity contribution >= 4 is 75.9 Å². The maximum Gasteiger partial charge on any atom is 0.442 e. The lowest BCUT2D eigenvalue weighted by atomic mass is 9.96. The number of aliphatic imine (C=N–C) groups is 1. The van der Waals surface area contributed by atoms with E-state index in [9.17, 15) is 56.6 Å². The number of hydrogen-bond acceptors (Lipinski definition) is 13. The highest BCUT2D eigenvalue weighted by molar-refractivity contribution is 14.1. The molecule has 0 aliphatic carbocycles. The van der Waals surface area contributed by atoms with Crippen molar-refractivity contribution in [2.45, 2.75) is 146 Å². The summed E-state index contributed by atoms with van der Waals surface area (Å²) in [5.41, 5.74) is 16.6. The van der Waals surface area contributed by atoms with E-state index in [2.05, 4.69) is 79.7 Å². The van der Waals surface area contributed by atoms with Gasteiger partial charge < -0.3 is 64.1 Å². The molecule has 4 aromatic rings. The number of guanidine groups is 1. The van der Waals surface area contributed by atoms with Crippen LogP contribution in [-0.2, 0) is 69.7 Å². The van der Waals surface area contributed by atoms with Gasteiger partial charge in [0.1, 0.15) is 42.3 Å². The number of nitrogens with zero attached hydrogens (tertiary/aromatic N) is 5. The van der Waals surface area contributed by atoms with Gasteiger partial charge in [-0.1, -0.05) is 101 Å². The molecular formula is C57H73F3IN15O9. The number of nitrogens with two attached hydrogens (primary N) is 3. The molecule has 1 fully saturated rings. The fourth-order valence-corrected chi connectivity index (χ4v) is 10.0. The third-order valence-corrected chi connectivity index (χ3v) is 15.5. The zero-order valence-corrected chi connectivity index (χ0v) is 49.6. The van der Waals surface area contributed by atoms with Crippen LogP contribution in [0, 0.1) is 15.4 Å². The second-order valence-electron chi connectivity index (χ2n) is 21.5. The number of aromatic amines is 1. The SMILES string of the molecule is CC[C@H](C)[C@H](NC(=O)[C@H](Cc1ccc(I)cc1)NC(=O)[C@@H](NC(=O)[C@H](CCCN=C(N)N)NC(=O)[C@@H](N)Cc1ccc(C2(C(F)(F)F)N=N2)cc1)C(C)C)C(=O)N[C@@H](Cc1cnc[nH]1)C(=O)N1CCC[C@H]1C(=O)N[C@@H](Cc1ccccc1)C(=O)O. The number of amides is 7. The third kappa shape index (κ3) is 18.5. The Kier molecular flexibility index (Phi) is 23.5. The molecule has 6 rings (SSSR count). The van der Waals surface area contributed by atoms with Crippen LogP contribution in [0.3, 0.4) is 0 Å². The molecule has 85 heavy (non-hydrogen) atoms. The van der Waals surface area contributed by atoms with E-state index < -0.39 is 119 Å². The first-order chi connectivity index (χ1) is 40.3. The highest BCUT2D eigenvalue weighted by atomic mass is 127. The molecule has 1 saturated heterocycles. The van der Waals surface area contributed by atoms with Crippen LogP contribution < -0.4 is 49.1 Å². The monoisotopic (exact) mass is 1300 g/mol. The third-order valence-electron chi connectivity index (χ3n) is 14.8. The number of carboxylic acids is 1. The molecule has 0 bridgehead atoms. The Balaban J connectivity index is 1.18. The van der Waals surface area contributed by atoms with Crippen LogP contribution in [0.1, 0.15) is 87.7 Å². The molecule has 3 heterocycles. The minimum atomic E-state index is -4.74. The van der Waals surface area contributed by atoms with Gasteiger partial charge >= 0.3 is 17.8 Å². The predicted molar refractivity (Wildman–Crippen MR) is 314 cm³/mol. The fourth-order valence-electron chi connectivity index (χ4n) is 9.68. The standard InChI is InChI=1S/C57H73F3IN15O9/c1-5-32(4)46(52(82)70-42(28-38-29-65-30-67-38)53(83)76-24-10-14-44(76)50(80)71-43(54(84)85)27-33-11-7-6-8-12-33)73-49(79)41(26-35-17-21-37(61)22-18-35)69-51(81)45(31(2)3)72-48(78)40(13-9-23-66-55(63)64)68-47(77)39(62)25-34-15-19-36(20-16-34)56(74-75-56)57(58,59)60/h6-8,11-12,15-22,29-32,39-46H,5,9-10,13-14,23-28,62H2,1-4H3,(H,65,67)(H,68,77)(H,69,81)(H,70,82)(H,71,80)(H,72,78)(H,73,79)(H,84,85)(H4,63,64,66)/t32-,39-,40-,41-,42-,43-,44-,45-,46-/m0/s1. The summed E-state index contributed by atoms with van der Waals surface area (Å²) >= 11 is 2.12. The van der Waals surface area contributed by atoms with Crippen molar-refractivity contribution in [1.82, 2.24) is 46.8 Å². The first-order valence-corrected chi connectivity index (χ1v) is 28.9. The molecule has 2 aliphatic heterocycles. The summed E-state index contributed by atoms with van der Waals surface area (Å²) in [5.74, 6) is -7.92. The largest absolute Gasteiger partial charge is 0.480 e. The number of benzene rings is 3. The minimum absolute atomic E-state index is 0.00373. The maximum absolute atomic E-state index is 14.8. The van der Waals surface area contributed by atoms with Gasteiger partial charge in [0.2, 0.25) is 41.4 Å². The van der Waals surface area contributed by atoms with E-state index in [1.54, 1.807) is 82.3 Å². The molecule has 1 aromatic heterocycles. The molecule has 0 saturated carbocycles. The van der Waals surface area contributed by atoms with E-state index in [-0.39, 0.29) is 69.6 Å². The van der Waals surface area contributed by atoms with Crippen LogP contribution in [0.5, 0.6) is 0 Å². The van der Waals surface area contributed by atoms with Gasteiger partial charge in [0.05, 0.1) is 12.4 Å². The number of H-pyrrole nitrogens is 1. The summed E-state index contributed by atoms with van der Waals surface area (Å²) in [6.07, 6.45) is -1.10. The average molecular weight is 1300 g/mol. The van der Waals surface area contributed by atoms with Gasteiger partial charge in [0.25, 0.3) is 0 Å². The first-order valence-electron chi connectivity index (χ1n) is 27.8. The molecule has 0 unspecified atom stereocenters. The van der Waals surface area contributed by atoms with Crippen molar-refractivity contribution in [3.05, 3.63) is 123 Å². The molecule has 28 heteroatoms. The molecule has 2 aliphatic rings. The molecular weight excluding hydrogens is 1220 g/mol. The molecule has 3 aromatic carbocycles. The van der Waals surface area contributed by atoms with Crippen LogP contribution >= 0.6 is 22.6 Å². The van der Waals surface area contributed by atoms with Gasteiger partial charge in [0.15, 0.2) is 5.96 Å². The van der Waals surface area contributed by atoms with Crippen LogP contribution in [0.15, 0.2) is 107 Å². The zero-order chi connectivity index (χ0) is 62.2. The van der Waals surface area contributed by atoms with Gasteiger partial charge in [-0.05, 0) is 95.4 Å². The normalized spacial score (nSPS) is 17.2. The number of nitrogens with one attached hydrogen (secondary N) is 7. The topological polar surface area (TPSA) is 376 Å². The summed E-state index contributed by atoms with van der Waals surface area (Å²) in [6.45, 7) is 6.99. The average Bonchev–Trinajstić information content (AvgIpc) is 1.74. The molecule has 458 valence electrons. The van der Waals surface area contributed by atoms with E-state index >= 15 is 0 Å². The smallest absolute Gasteiger partial charge is 0.442 e. The van der Waals surface area contributed by atoms with Crippen LogP contribution in [0.2, 0.25) is 0 Å². The van der Waals surface area contributed by atoms with Gasteiger partial charge in [-0.15, -0.1) is 10.2 Å². The molecule has 0 spiro atoms. The summed E-state index contributed by atoms with van der Waals surface area (Å²) < 4.78 is 41.7. The number of halogens is 4. The first kappa shape index (κ1) is 66.1. The highest BCUT2D eigenvalue weighted by Gasteiger charge is 2.65. The van der Waals surface area contributed by atoms with Gasteiger partial charge in [-0.25, -0.2) is 9.78 Å². The van der Waals surface area contributed by atoms with Gasteiger partial charge in [0, 0.05) is 53.4 Å². The van der Waals surface area contributed by atoms with E-state index in [1.807, 2.05) is 0 Å². The Morgan fingerprint density at radius 2 is 1.32 bits per heavy atom. The van der Waals surface area contributed by atoms with Crippen molar-refractivity contribution in [2.24, 2.45) is 44.3 Å². The number of likely N-dealkylation sites (tertiary alicyclic amines) is 1. The fraction of sp³-hybridized carbons (Fsp3) is 0.474. The lowest BCUT2D eigenvalue weighted by Gasteiger charge is -2.32. The lowest BCUT2D eigenvalue weighted by Crippen LogP contribution is -2.62. The van der Waals surface area contributed by atoms with Gasteiger partial charge in [-0.2, -0.15) is 13.2 Å². The van der Waals surface area contributed by atoms with E-state index in [0.29, 0.717) is 35.2 Å². The predicted octanol–water partition coefficient (Wildman–Crippen LogP) is 2.53. The minimum Gasteiger partial charge on any atom is -0.480 e. The van der Waals surface area contributed by atoms with Gasteiger partial charge in [-0.3, -0.25) is 38.6 Å². The number of imidazole rings is 1. The number of aromatic nitrogens is 2. The molecule has 14 N–H and O–H groups in total. The molecule has 0 radical (unpaired) electrons. The Labute approximate surface area is 502 Å². The second-order valence-corrected chi connectivity index (χ2v) is 22.7. The van der Waals surface area contributed by atoms with Crippen molar-refractivity contribution in [1.29, 1.82) is 0 Å². The number of aliphatic carboxylic acids is 1. The van der Waals surface area contributed by atoms with Crippen molar-refractivity contribution < 1.29 is 56.6 Å². The Morgan fingerprint density at radius 1 is 0.741 bits per heavy atom. The molecule has 24 nitrogen and oxygen atoms in total. The number of carbonyl (C=O) groups excluding carboxylic acids is 7. The number of alkyl halides is 3. The molecule has 9 atom stereocenters.